The highest BCUT2D eigenvalue weighted by Crippen LogP contribution is 2.30. The average Bonchev–Trinajstić information content (AvgIpc) is 2.45. The van der Waals surface area contributed by atoms with Gasteiger partial charge in [0.15, 0.2) is 0 Å². The molecule has 0 aromatic heterocycles. The molecule has 116 valence electrons. The Kier molecular flexibility index (Phi) is 4.73. The largest absolute Gasteiger partial charge is 0.496 e. The van der Waals surface area contributed by atoms with E-state index in [4.69, 9.17) is 14.2 Å². The minimum absolute atomic E-state index is 0.0198. The minimum Gasteiger partial charge on any atom is -0.496 e. The number of carbonyl (C=O) groups is 1. The zero-order valence-corrected chi connectivity index (χ0v) is 13.3. The molecule has 1 fully saturated rings. The summed E-state index contributed by atoms with van der Waals surface area (Å²) >= 11 is 0. The van der Waals surface area contributed by atoms with Crippen molar-refractivity contribution in [2.24, 2.45) is 0 Å². The van der Waals surface area contributed by atoms with E-state index in [2.05, 4.69) is 0 Å². The third-order valence-electron chi connectivity index (χ3n) is 3.71. The summed E-state index contributed by atoms with van der Waals surface area (Å²) in [5.41, 5.74) is 1.47. The van der Waals surface area contributed by atoms with E-state index in [0.717, 1.165) is 5.56 Å². The highest BCUT2D eigenvalue weighted by Gasteiger charge is 2.27. The second kappa shape index (κ2) is 6.35. The fourth-order valence-corrected chi connectivity index (χ4v) is 2.74. The van der Waals surface area contributed by atoms with E-state index in [1.807, 2.05) is 25.7 Å². The summed E-state index contributed by atoms with van der Waals surface area (Å²) in [4.78, 5) is 14.5. The first-order chi connectivity index (χ1) is 9.96. The number of ether oxygens (including phenoxy) is 3. The fourth-order valence-electron chi connectivity index (χ4n) is 2.74. The molecule has 0 aliphatic carbocycles. The van der Waals surface area contributed by atoms with Crippen LogP contribution >= 0.6 is 0 Å². The van der Waals surface area contributed by atoms with E-state index in [9.17, 15) is 4.79 Å². The molecule has 0 N–H and O–H groups in total. The first kappa shape index (κ1) is 15.6. The molecule has 1 aromatic rings. The SMILES string of the molecule is COc1cc(C(=O)N2C[C@@H](C)O[C@H](C)C2)cc(OC)c1C. The van der Waals surface area contributed by atoms with Gasteiger partial charge in [0.25, 0.3) is 5.91 Å². The van der Waals surface area contributed by atoms with E-state index in [1.54, 1.807) is 26.4 Å². The van der Waals surface area contributed by atoms with Crippen LogP contribution in [0, 0.1) is 6.92 Å². The Balaban J connectivity index is 2.30. The molecule has 0 radical (unpaired) electrons. The molecule has 5 nitrogen and oxygen atoms in total. The molecular weight excluding hydrogens is 270 g/mol. The van der Waals surface area contributed by atoms with Crippen molar-refractivity contribution in [1.29, 1.82) is 0 Å². The summed E-state index contributed by atoms with van der Waals surface area (Å²) in [6.45, 7) is 7.06. The van der Waals surface area contributed by atoms with Gasteiger partial charge in [-0.25, -0.2) is 0 Å². The third-order valence-corrected chi connectivity index (χ3v) is 3.71. The maximum absolute atomic E-state index is 12.7. The summed E-state index contributed by atoms with van der Waals surface area (Å²) < 4.78 is 16.3. The Morgan fingerprint density at radius 3 is 2.05 bits per heavy atom. The van der Waals surface area contributed by atoms with Crippen molar-refractivity contribution in [3.63, 3.8) is 0 Å². The predicted octanol–water partition coefficient (Wildman–Crippen LogP) is 2.26. The Morgan fingerprint density at radius 1 is 1.14 bits per heavy atom. The lowest BCUT2D eigenvalue weighted by Gasteiger charge is -2.35. The van der Waals surface area contributed by atoms with Crippen LogP contribution in [0.4, 0.5) is 0 Å². The van der Waals surface area contributed by atoms with Crippen LogP contribution in [0.1, 0.15) is 29.8 Å². The van der Waals surface area contributed by atoms with Gasteiger partial charge in [-0.3, -0.25) is 4.79 Å². The predicted molar refractivity (Wildman–Crippen MR) is 80.2 cm³/mol. The number of carbonyl (C=O) groups excluding carboxylic acids is 1. The first-order valence-corrected chi connectivity index (χ1v) is 7.13. The quantitative estimate of drug-likeness (QED) is 0.857. The van der Waals surface area contributed by atoms with Crippen LogP contribution in [0.15, 0.2) is 12.1 Å². The van der Waals surface area contributed by atoms with Gasteiger partial charge >= 0.3 is 0 Å². The fraction of sp³-hybridized carbons (Fsp3) is 0.562. The van der Waals surface area contributed by atoms with Crippen LogP contribution in [-0.4, -0.2) is 50.3 Å². The first-order valence-electron chi connectivity index (χ1n) is 7.13. The maximum atomic E-state index is 12.7. The number of hydrogen-bond acceptors (Lipinski definition) is 4. The zero-order valence-electron chi connectivity index (χ0n) is 13.3. The molecule has 1 amide bonds. The van der Waals surface area contributed by atoms with Crippen molar-refractivity contribution in [3.8, 4) is 11.5 Å². The van der Waals surface area contributed by atoms with Crippen LogP contribution in [0.25, 0.3) is 0 Å². The highest BCUT2D eigenvalue weighted by molar-refractivity contribution is 5.95. The van der Waals surface area contributed by atoms with E-state index >= 15 is 0 Å². The lowest BCUT2D eigenvalue weighted by atomic mass is 10.1. The summed E-state index contributed by atoms with van der Waals surface area (Å²) in [6.07, 6.45) is 0.0962. The lowest BCUT2D eigenvalue weighted by Crippen LogP contribution is -2.48. The van der Waals surface area contributed by atoms with Crippen molar-refractivity contribution in [2.75, 3.05) is 27.3 Å². The molecule has 1 aliphatic heterocycles. The van der Waals surface area contributed by atoms with Gasteiger partial charge in [0, 0.05) is 24.2 Å². The van der Waals surface area contributed by atoms with E-state index < -0.39 is 0 Å². The Bertz CT molecular complexity index is 494. The Labute approximate surface area is 125 Å². The molecule has 5 heteroatoms. The van der Waals surface area contributed by atoms with Crippen molar-refractivity contribution in [3.05, 3.63) is 23.3 Å². The molecule has 0 unspecified atom stereocenters. The summed E-state index contributed by atoms with van der Waals surface area (Å²) in [5, 5.41) is 0. The number of morpholine rings is 1. The van der Waals surface area contributed by atoms with Crippen molar-refractivity contribution in [1.82, 2.24) is 4.90 Å². The van der Waals surface area contributed by atoms with Crippen LogP contribution in [0.3, 0.4) is 0 Å². The van der Waals surface area contributed by atoms with Crippen LogP contribution < -0.4 is 9.47 Å². The molecule has 21 heavy (non-hydrogen) atoms. The number of rotatable bonds is 3. The van der Waals surface area contributed by atoms with Gasteiger partial charge in [-0.15, -0.1) is 0 Å². The molecule has 1 heterocycles. The number of methoxy groups -OCH3 is 2. The molecule has 1 saturated heterocycles. The topological polar surface area (TPSA) is 48.0 Å². The maximum Gasteiger partial charge on any atom is 0.254 e. The number of amides is 1. The van der Waals surface area contributed by atoms with Gasteiger partial charge in [0.1, 0.15) is 11.5 Å². The van der Waals surface area contributed by atoms with Crippen molar-refractivity contribution in [2.45, 2.75) is 33.0 Å². The molecule has 2 atom stereocenters. The Morgan fingerprint density at radius 2 is 1.62 bits per heavy atom. The molecule has 1 aromatic carbocycles. The molecule has 2 rings (SSSR count). The van der Waals surface area contributed by atoms with Gasteiger partial charge < -0.3 is 19.1 Å². The van der Waals surface area contributed by atoms with E-state index in [0.29, 0.717) is 30.2 Å². The van der Waals surface area contributed by atoms with Gasteiger partial charge in [-0.2, -0.15) is 0 Å². The molecule has 1 aliphatic rings. The normalized spacial score (nSPS) is 22.0. The highest BCUT2D eigenvalue weighted by atomic mass is 16.5. The summed E-state index contributed by atoms with van der Waals surface area (Å²) in [6, 6.07) is 3.54. The van der Waals surface area contributed by atoms with Crippen LogP contribution in [0.2, 0.25) is 0 Å². The van der Waals surface area contributed by atoms with Crippen molar-refractivity contribution < 1.29 is 19.0 Å². The van der Waals surface area contributed by atoms with Crippen LogP contribution in [0.5, 0.6) is 11.5 Å². The number of nitrogens with zero attached hydrogens (tertiary/aromatic N) is 1. The standard InChI is InChI=1S/C16H23NO4/c1-10-8-17(9-11(2)21-10)16(18)13-6-14(19-4)12(3)15(7-13)20-5/h6-7,10-11H,8-9H2,1-5H3/t10-,11-/m1/s1. The lowest BCUT2D eigenvalue weighted by molar-refractivity contribution is -0.0586. The summed E-state index contributed by atoms with van der Waals surface area (Å²) in [7, 11) is 3.18. The molecule has 0 spiro atoms. The van der Waals surface area contributed by atoms with E-state index in [1.165, 1.54) is 0 Å². The summed E-state index contributed by atoms with van der Waals surface area (Å²) in [5.74, 6) is 1.30. The Hall–Kier alpha value is -1.75. The third kappa shape index (κ3) is 3.29. The van der Waals surface area contributed by atoms with Gasteiger partial charge in [-0.05, 0) is 32.9 Å². The van der Waals surface area contributed by atoms with Crippen LogP contribution in [-0.2, 0) is 4.74 Å². The molecular formula is C16H23NO4. The van der Waals surface area contributed by atoms with Gasteiger partial charge in [-0.1, -0.05) is 0 Å². The number of benzene rings is 1. The smallest absolute Gasteiger partial charge is 0.254 e. The van der Waals surface area contributed by atoms with Gasteiger partial charge in [0.2, 0.25) is 0 Å². The number of hydrogen-bond donors (Lipinski definition) is 0. The van der Waals surface area contributed by atoms with Gasteiger partial charge in [0.05, 0.1) is 26.4 Å². The monoisotopic (exact) mass is 293 g/mol. The second-order valence-corrected chi connectivity index (χ2v) is 5.47. The second-order valence-electron chi connectivity index (χ2n) is 5.47. The average molecular weight is 293 g/mol. The molecule has 0 bridgehead atoms. The molecule has 0 saturated carbocycles. The van der Waals surface area contributed by atoms with E-state index in [-0.39, 0.29) is 18.1 Å². The minimum atomic E-state index is -0.0198. The van der Waals surface area contributed by atoms with Crippen molar-refractivity contribution >= 4 is 5.91 Å². The zero-order chi connectivity index (χ0) is 15.6.